The van der Waals surface area contributed by atoms with Gasteiger partial charge in [-0.3, -0.25) is 4.79 Å². The van der Waals surface area contributed by atoms with Gasteiger partial charge in [-0.2, -0.15) is 5.10 Å². The van der Waals surface area contributed by atoms with Gasteiger partial charge in [-0.1, -0.05) is 0 Å². The van der Waals surface area contributed by atoms with Crippen LogP contribution >= 0.6 is 0 Å². The van der Waals surface area contributed by atoms with Gasteiger partial charge in [-0.25, -0.2) is 13.9 Å². The van der Waals surface area contributed by atoms with Crippen molar-refractivity contribution in [2.75, 3.05) is 12.4 Å². The SMILES string of the molecule is COc1cc(-c2cc3c(NC(C)C(C)(C)F)c(C(N)=O)cnn3c2)ccn1. The molecule has 0 aliphatic heterocycles. The number of primary amides is 1. The molecule has 0 bridgehead atoms. The number of aromatic nitrogens is 3. The molecule has 0 aliphatic rings. The number of halogens is 1. The number of hydrogen-bond acceptors (Lipinski definition) is 5. The highest BCUT2D eigenvalue weighted by Crippen LogP contribution is 2.31. The number of carbonyl (C=O) groups excluding carboxylic acids is 1. The van der Waals surface area contributed by atoms with Gasteiger partial charge < -0.3 is 15.8 Å². The lowest BCUT2D eigenvalue weighted by molar-refractivity contribution is 0.1000. The van der Waals surface area contributed by atoms with Crippen LogP contribution in [0.4, 0.5) is 10.1 Å². The highest BCUT2D eigenvalue weighted by molar-refractivity contribution is 6.02. The minimum atomic E-state index is -1.50. The summed E-state index contributed by atoms with van der Waals surface area (Å²) in [6.07, 6.45) is 4.84. The molecule has 1 amide bonds. The lowest BCUT2D eigenvalue weighted by Crippen LogP contribution is -2.36. The van der Waals surface area contributed by atoms with Gasteiger partial charge >= 0.3 is 0 Å². The fraction of sp³-hybridized carbons (Fsp3) is 0.316. The number of nitrogens with two attached hydrogens (primary N) is 1. The first kappa shape index (κ1) is 18.6. The summed E-state index contributed by atoms with van der Waals surface area (Å²) >= 11 is 0. The Morgan fingerprint density at radius 2 is 2.11 bits per heavy atom. The zero-order chi connectivity index (χ0) is 19.8. The maximum atomic E-state index is 14.3. The summed E-state index contributed by atoms with van der Waals surface area (Å²) in [5.41, 5.74) is 6.99. The van der Waals surface area contributed by atoms with Crippen LogP contribution in [0.2, 0.25) is 0 Å². The minimum Gasteiger partial charge on any atom is -0.481 e. The molecule has 3 N–H and O–H groups in total. The number of nitrogens with one attached hydrogen (secondary N) is 1. The Morgan fingerprint density at radius 1 is 1.37 bits per heavy atom. The molecule has 0 saturated carbocycles. The molecule has 142 valence electrons. The predicted molar refractivity (Wildman–Crippen MR) is 102 cm³/mol. The number of amides is 1. The Bertz CT molecular complexity index is 993. The van der Waals surface area contributed by atoms with E-state index in [1.54, 1.807) is 30.8 Å². The number of nitrogens with zero attached hydrogens (tertiary/aromatic N) is 3. The van der Waals surface area contributed by atoms with Crippen LogP contribution in [0.25, 0.3) is 16.6 Å². The van der Waals surface area contributed by atoms with E-state index in [0.29, 0.717) is 17.1 Å². The molecule has 8 heteroatoms. The fourth-order valence-corrected chi connectivity index (χ4v) is 2.64. The summed E-state index contributed by atoms with van der Waals surface area (Å²) < 4.78 is 21.1. The van der Waals surface area contributed by atoms with Crippen molar-refractivity contribution in [3.8, 4) is 17.0 Å². The quantitative estimate of drug-likeness (QED) is 0.694. The molecule has 27 heavy (non-hydrogen) atoms. The normalized spacial score (nSPS) is 12.8. The first-order valence-corrected chi connectivity index (χ1v) is 8.47. The van der Waals surface area contributed by atoms with Crippen molar-refractivity contribution in [2.24, 2.45) is 5.73 Å². The van der Waals surface area contributed by atoms with Gasteiger partial charge in [0.25, 0.3) is 5.91 Å². The van der Waals surface area contributed by atoms with E-state index in [1.807, 2.05) is 18.3 Å². The highest BCUT2D eigenvalue weighted by Gasteiger charge is 2.27. The van der Waals surface area contributed by atoms with E-state index in [9.17, 15) is 9.18 Å². The Hall–Kier alpha value is -3.16. The third-order valence-corrected chi connectivity index (χ3v) is 4.57. The zero-order valence-corrected chi connectivity index (χ0v) is 15.7. The van der Waals surface area contributed by atoms with Crippen LogP contribution in [0.5, 0.6) is 5.88 Å². The van der Waals surface area contributed by atoms with Crippen molar-refractivity contribution < 1.29 is 13.9 Å². The molecular formula is C19H22FN5O2. The van der Waals surface area contributed by atoms with Gasteiger partial charge in [-0.15, -0.1) is 0 Å². The summed E-state index contributed by atoms with van der Waals surface area (Å²) in [5.74, 6) is -0.149. The molecule has 3 aromatic heterocycles. The second-order valence-corrected chi connectivity index (χ2v) is 6.87. The second kappa shape index (κ2) is 6.86. The summed E-state index contributed by atoms with van der Waals surface area (Å²) in [6.45, 7) is 4.65. The number of anilines is 1. The van der Waals surface area contributed by atoms with Crippen molar-refractivity contribution >= 4 is 17.1 Å². The Balaban J connectivity index is 2.15. The second-order valence-electron chi connectivity index (χ2n) is 6.87. The first-order chi connectivity index (χ1) is 12.7. The van der Waals surface area contributed by atoms with Crippen LogP contribution in [-0.2, 0) is 0 Å². The van der Waals surface area contributed by atoms with Crippen LogP contribution in [0, 0.1) is 0 Å². The smallest absolute Gasteiger partial charge is 0.252 e. The van der Waals surface area contributed by atoms with Gasteiger partial charge in [-0.05, 0) is 38.5 Å². The Labute approximate surface area is 156 Å². The molecular weight excluding hydrogens is 349 g/mol. The molecule has 1 atom stereocenters. The number of pyridine rings is 1. The average Bonchev–Trinajstić information content (AvgIpc) is 3.05. The van der Waals surface area contributed by atoms with E-state index in [1.165, 1.54) is 20.0 Å². The first-order valence-electron chi connectivity index (χ1n) is 8.47. The number of hydrogen-bond donors (Lipinski definition) is 2. The van der Waals surface area contributed by atoms with Crippen molar-refractivity contribution in [1.82, 2.24) is 14.6 Å². The number of alkyl halides is 1. The summed E-state index contributed by atoms with van der Waals surface area (Å²) in [7, 11) is 1.55. The van der Waals surface area contributed by atoms with Gasteiger partial charge in [0.1, 0.15) is 5.67 Å². The van der Waals surface area contributed by atoms with Crippen molar-refractivity contribution in [3.05, 3.63) is 42.4 Å². The van der Waals surface area contributed by atoms with E-state index in [-0.39, 0.29) is 5.56 Å². The van der Waals surface area contributed by atoms with Crippen molar-refractivity contribution in [1.29, 1.82) is 0 Å². The highest BCUT2D eigenvalue weighted by atomic mass is 19.1. The third-order valence-electron chi connectivity index (χ3n) is 4.57. The number of methoxy groups -OCH3 is 1. The van der Waals surface area contributed by atoms with E-state index >= 15 is 0 Å². The lowest BCUT2D eigenvalue weighted by atomic mass is 10.0. The average molecular weight is 371 g/mol. The van der Waals surface area contributed by atoms with E-state index < -0.39 is 17.6 Å². The zero-order valence-electron chi connectivity index (χ0n) is 15.7. The van der Waals surface area contributed by atoms with Crippen molar-refractivity contribution in [3.63, 3.8) is 0 Å². The van der Waals surface area contributed by atoms with Crippen molar-refractivity contribution in [2.45, 2.75) is 32.5 Å². The topological polar surface area (TPSA) is 94.5 Å². The van der Waals surface area contributed by atoms with Gasteiger partial charge in [0.2, 0.25) is 5.88 Å². The van der Waals surface area contributed by atoms with E-state index in [4.69, 9.17) is 10.5 Å². The monoisotopic (exact) mass is 371 g/mol. The Morgan fingerprint density at radius 3 is 2.74 bits per heavy atom. The molecule has 0 fully saturated rings. The standard InChI is InChI=1S/C19H22FN5O2/c1-11(19(2,3)20)24-17-14(18(21)26)9-23-25-10-13(7-15(17)25)12-5-6-22-16(8-12)27-4/h5-11,24H,1-4H3,(H2,21,26). The number of fused-ring (bicyclic) bond motifs is 1. The molecule has 0 saturated heterocycles. The lowest BCUT2D eigenvalue weighted by Gasteiger charge is -2.26. The van der Waals surface area contributed by atoms with Crippen LogP contribution in [0.3, 0.4) is 0 Å². The van der Waals surface area contributed by atoms with E-state index in [2.05, 4.69) is 15.4 Å². The van der Waals surface area contributed by atoms with E-state index in [0.717, 1.165) is 11.1 Å². The molecule has 7 nitrogen and oxygen atoms in total. The Kier molecular flexibility index (Phi) is 4.73. The molecule has 3 rings (SSSR count). The number of carbonyl (C=O) groups is 1. The van der Waals surface area contributed by atoms with Crippen LogP contribution < -0.4 is 15.8 Å². The van der Waals surface area contributed by atoms with Gasteiger partial charge in [0, 0.05) is 24.0 Å². The molecule has 0 aromatic carbocycles. The van der Waals surface area contributed by atoms with Crippen LogP contribution in [-0.4, -0.2) is 39.3 Å². The van der Waals surface area contributed by atoms with Crippen LogP contribution in [0.1, 0.15) is 31.1 Å². The summed E-state index contributed by atoms with van der Waals surface area (Å²) in [5, 5.41) is 7.34. The maximum Gasteiger partial charge on any atom is 0.252 e. The van der Waals surface area contributed by atoms with Gasteiger partial charge in [0.05, 0.1) is 36.1 Å². The summed E-state index contributed by atoms with van der Waals surface area (Å²) in [4.78, 5) is 16.0. The van der Waals surface area contributed by atoms with Crippen LogP contribution in [0.15, 0.2) is 36.8 Å². The predicted octanol–water partition coefficient (Wildman–Crippen LogP) is 3.05. The largest absolute Gasteiger partial charge is 0.481 e. The molecule has 1 unspecified atom stereocenters. The van der Waals surface area contributed by atoms with Gasteiger partial charge in [0.15, 0.2) is 0 Å². The fourth-order valence-electron chi connectivity index (χ4n) is 2.64. The molecule has 0 radical (unpaired) electrons. The number of ether oxygens (including phenoxy) is 1. The number of rotatable bonds is 6. The summed E-state index contributed by atoms with van der Waals surface area (Å²) in [6, 6.07) is 4.94. The molecule has 0 aliphatic carbocycles. The molecule has 0 spiro atoms. The minimum absolute atomic E-state index is 0.204. The molecule has 3 heterocycles. The maximum absolute atomic E-state index is 14.3. The molecule has 3 aromatic rings. The third kappa shape index (κ3) is 3.69.